The first-order valence-corrected chi connectivity index (χ1v) is 12.1. The fourth-order valence-corrected chi connectivity index (χ4v) is 4.50. The number of morpholine rings is 1. The van der Waals surface area contributed by atoms with Gasteiger partial charge in [-0.3, -0.25) is 19.6 Å². The number of methoxy groups -OCH3 is 1. The average Bonchev–Trinajstić information content (AvgIpc) is 3.42. The molecule has 36 heavy (non-hydrogen) atoms. The number of nitrogens with one attached hydrogen (secondary N) is 1. The molecule has 0 spiro atoms. The number of pyridine rings is 1. The van der Waals surface area contributed by atoms with E-state index in [1.54, 1.807) is 37.7 Å². The molecule has 1 N–H and O–H groups in total. The number of allylic oxidation sites excluding steroid dienone is 1. The van der Waals surface area contributed by atoms with Crippen molar-refractivity contribution >= 4 is 23.2 Å². The Morgan fingerprint density at radius 1 is 1.19 bits per heavy atom. The van der Waals surface area contributed by atoms with Crippen LogP contribution < -0.4 is 14.8 Å². The van der Waals surface area contributed by atoms with Crippen molar-refractivity contribution in [1.29, 1.82) is 0 Å². The number of amidine groups is 1. The van der Waals surface area contributed by atoms with E-state index in [0.29, 0.717) is 87.4 Å². The molecule has 2 aromatic rings. The smallest absolute Gasteiger partial charge is 0.222 e. The Hall–Kier alpha value is -3.92. The van der Waals surface area contributed by atoms with Crippen molar-refractivity contribution in [2.75, 3.05) is 58.4 Å². The first-order chi connectivity index (χ1) is 17.7. The van der Waals surface area contributed by atoms with E-state index in [9.17, 15) is 9.59 Å². The number of amides is 1. The number of anilines is 1. The molecule has 0 aliphatic carbocycles. The molecular weight excluding hydrogens is 462 g/mol. The van der Waals surface area contributed by atoms with Crippen LogP contribution in [0.3, 0.4) is 0 Å². The van der Waals surface area contributed by atoms with Gasteiger partial charge in [0.05, 0.1) is 39.2 Å². The lowest BCUT2D eigenvalue weighted by Crippen LogP contribution is -2.40. The quantitative estimate of drug-likeness (QED) is 0.341. The molecule has 3 aliphatic heterocycles. The monoisotopic (exact) mass is 491 g/mol. The molecule has 4 heterocycles. The summed E-state index contributed by atoms with van der Waals surface area (Å²) < 4.78 is 17.1. The van der Waals surface area contributed by atoms with Gasteiger partial charge in [-0.25, -0.2) is 0 Å². The summed E-state index contributed by atoms with van der Waals surface area (Å²) in [5.41, 5.74) is 2.08. The number of carbonyl (C=O) groups is 2. The van der Waals surface area contributed by atoms with Crippen LogP contribution in [0.1, 0.15) is 28.8 Å². The van der Waals surface area contributed by atoms with E-state index < -0.39 is 0 Å². The minimum Gasteiger partial charge on any atom is -0.491 e. The maximum Gasteiger partial charge on any atom is 0.222 e. The van der Waals surface area contributed by atoms with Gasteiger partial charge in [-0.15, -0.1) is 0 Å². The van der Waals surface area contributed by atoms with Crippen molar-refractivity contribution in [3.8, 4) is 11.5 Å². The minimum atomic E-state index is -0.156. The summed E-state index contributed by atoms with van der Waals surface area (Å²) in [5.74, 6) is 2.47. The Morgan fingerprint density at radius 3 is 2.83 bits per heavy atom. The highest BCUT2D eigenvalue weighted by molar-refractivity contribution is 6.11. The average molecular weight is 492 g/mol. The Balaban J connectivity index is 1.31. The van der Waals surface area contributed by atoms with Crippen LogP contribution in [0.5, 0.6) is 11.5 Å². The number of aromatic nitrogens is 1. The number of hydrogen-bond donors (Lipinski definition) is 1. The van der Waals surface area contributed by atoms with Gasteiger partial charge in [0.1, 0.15) is 11.7 Å². The van der Waals surface area contributed by atoms with Crippen molar-refractivity contribution in [3.63, 3.8) is 0 Å². The van der Waals surface area contributed by atoms with Gasteiger partial charge in [-0.05, 0) is 30.7 Å². The Kier molecular flexibility index (Phi) is 7.13. The predicted octanol–water partition coefficient (Wildman–Crippen LogP) is 2.32. The number of aliphatic imine (C=N–C) groups is 1. The third kappa shape index (κ3) is 4.90. The molecule has 1 fully saturated rings. The number of rotatable bonds is 8. The van der Waals surface area contributed by atoms with E-state index in [1.807, 2.05) is 21.9 Å². The number of nitrogens with zero attached hydrogens (tertiary/aromatic N) is 4. The molecule has 1 saturated heterocycles. The van der Waals surface area contributed by atoms with Gasteiger partial charge in [-0.1, -0.05) is 0 Å². The summed E-state index contributed by atoms with van der Waals surface area (Å²) in [7, 11) is 1.58. The van der Waals surface area contributed by atoms with E-state index >= 15 is 0 Å². The first kappa shape index (κ1) is 23.8. The molecule has 3 aliphatic rings. The normalized spacial score (nSPS) is 17.7. The van der Waals surface area contributed by atoms with Crippen LogP contribution in [0.25, 0.3) is 0 Å². The molecular formula is C26H29N5O5. The lowest BCUT2D eigenvalue weighted by molar-refractivity contribution is -0.135. The Bertz CT molecular complexity index is 1190. The van der Waals surface area contributed by atoms with Gasteiger partial charge in [0.15, 0.2) is 17.3 Å². The number of ether oxygens (including phenoxy) is 3. The second kappa shape index (κ2) is 10.8. The summed E-state index contributed by atoms with van der Waals surface area (Å²) in [6.45, 7) is 4.15. The molecule has 0 saturated carbocycles. The molecule has 1 amide bonds. The van der Waals surface area contributed by atoms with Crippen LogP contribution in [0, 0.1) is 0 Å². The molecule has 188 valence electrons. The van der Waals surface area contributed by atoms with Gasteiger partial charge < -0.3 is 29.3 Å². The number of benzene rings is 1. The molecule has 5 rings (SSSR count). The topological polar surface area (TPSA) is 106 Å². The molecule has 0 radical (unpaired) electrons. The van der Waals surface area contributed by atoms with Gasteiger partial charge >= 0.3 is 0 Å². The van der Waals surface area contributed by atoms with Crippen molar-refractivity contribution in [3.05, 3.63) is 59.7 Å². The van der Waals surface area contributed by atoms with Crippen LogP contribution in [-0.2, 0) is 9.53 Å². The van der Waals surface area contributed by atoms with Gasteiger partial charge in [0.2, 0.25) is 5.91 Å². The summed E-state index contributed by atoms with van der Waals surface area (Å²) in [5, 5.41) is 3.37. The van der Waals surface area contributed by atoms with Crippen LogP contribution >= 0.6 is 0 Å². The highest BCUT2D eigenvalue weighted by atomic mass is 16.5. The van der Waals surface area contributed by atoms with Crippen molar-refractivity contribution in [2.24, 2.45) is 4.99 Å². The highest BCUT2D eigenvalue weighted by Gasteiger charge is 2.33. The lowest BCUT2D eigenvalue weighted by Gasteiger charge is -2.32. The molecule has 10 heteroatoms. The third-order valence-electron chi connectivity index (χ3n) is 6.32. The van der Waals surface area contributed by atoms with Crippen molar-refractivity contribution < 1.29 is 23.8 Å². The van der Waals surface area contributed by atoms with E-state index in [0.717, 1.165) is 11.4 Å². The van der Waals surface area contributed by atoms with Gasteiger partial charge in [-0.2, -0.15) is 0 Å². The Labute approximate surface area is 209 Å². The fourth-order valence-electron chi connectivity index (χ4n) is 4.50. The predicted molar refractivity (Wildman–Crippen MR) is 134 cm³/mol. The standard InChI is InChI=1S/C26H29N5O5/c1-34-25-21(36-13-3-5-23(33)30-11-14-35-15-12-30)7-6-19-24(25)29-22(31-10-9-28-26(19)31)16-20(32)18-4-2-8-27-17-18/h2,4,6-8,16-17,29H,3,5,9-15H2,1H3. The SMILES string of the molecule is COc1c(OCCCC(=O)N2CCOCC2)ccc2c1NC(=CC(=O)c1cccnc1)N1CCN=C21. The maximum atomic E-state index is 12.9. The zero-order valence-corrected chi connectivity index (χ0v) is 20.2. The molecule has 0 atom stereocenters. The molecule has 1 aromatic carbocycles. The highest BCUT2D eigenvalue weighted by Crippen LogP contribution is 2.43. The number of hydrogen-bond acceptors (Lipinski definition) is 9. The zero-order chi connectivity index (χ0) is 24.9. The summed E-state index contributed by atoms with van der Waals surface area (Å²) in [6.07, 6.45) is 5.75. The van der Waals surface area contributed by atoms with E-state index in [-0.39, 0.29) is 11.7 Å². The van der Waals surface area contributed by atoms with Crippen LogP contribution in [-0.4, -0.2) is 85.4 Å². The van der Waals surface area contributed by atoms with E-state index in [2.05, 4.69) is 15.3 Å². The molecule has 0 unspecified atom stereocenters. The summed E-state index contributed by atoms with van der Waals surface area (Å²) >= 11 is 0. The zero-order valence-electron chi connectivity index (χ0n) is 20.2. The minimum absolute atomic E-state index is 0.119. The number of ketones is 1. The largest absolute Gasteiger partial charge is 0.491 e. The summed E-state index contributed by atoms with van der Waals surface area (Å²) in [4.78, 5) is 37.8. The van der Waals surface area contributed by atoms with Crippen LogP contribution in [0.15, 0.2) is 53.5 Å². The second-order valence-electron chi connectivity index (χ2n) is 8.58. The first-order valence-electron chi connectivity index (χ1n) is 12.1. The van der Waals surface area contributed by atoms with E-state index in [1.165, 1.54) is 0 Å². The molecule has 0 bridgehead atoms. The van der Waals surface area contributed by atoms with Gasteiger partial charge in [0.25, 0.3) is 0 Å². The third-order valence-corrected chi connectivity index (χ3v) is 6.32. The lowest BCUT2D eigenvalue weighted by atomic mass is 10.1. The maximum absolute atomic E-state index is 12.9. The second-order valence-corrected chi connectivity index (χ2v) is 8.58. The molecule has 1 aromatic heterocycles. The van der Waals surface area contributed by atoms with E-state index in [4.69, 9.17) is 14.2 Å². The van der Waals surface area contributed by atoms with Crippen molar-refractivity contribution in [2.45, 2.75) is 12.8 Å². The van der Waals surface area contributed by atoms with Crippen molar-refractivity contribution in [1.82, 2.24) is 14.8 Å². The fraction of sp³-hybridized carbons (Fsp3) is 0.385. The number of fused-ring (bicyclic) bond motifs is 3. The van der Waals surface area contributed by atoms with Crippen LogP contribution in [0.2, 0.25) is 0 Å². The summed E-state index contributed by atoms with van der Waals surface area (Å²) in [6, 6.07) is 7.27. The Morgan fingerprint density at radius 2 is 2.06 bits per heavy atom. The molecule has 10 nitrogen and oxygen atoms in total. The number of carbonyl (C=O) groups excluding carboxylic acids is 2. The van der Waals surface area contributed by atoms with Crippen LogP contribution in [0.4, 0.5) is 5.69 Å². The van der Waals surface area contributed by atoms with Gasteiger partial charge in [0, 0.05) is 55.7 Å².